The fourth-order valence-corrected chi connectivity index (χ4v) is 2.01. The molecule has 0 aliphatic heterocycles. The number of rotatable bonds is 5. The van der Waals surface area contributed by atoms with Gasteiger partial charge in [-0.25, -0.2) is 8.42 Å². The summed E-state index contributed by atoms with van der Waals surface area (Å²) in [6.07, 6.45) is 1.12. The number of halogens is 1. The fraction of sp³-hybridized carbons (Fsp3) is 0.364. The maximum atomic E-state index is 11.9. The lowest BCUT2D eigenvalue weighted by atomic mass is 10.1. The van der Waals surface area contributed by atoms with Gasteiger partial charge < -0.3 is 10.6 Å². The molecule has 18 heavy (non-hydrogen) atoms. The van der Waals surface area contributed by atoms with Gasteiger partial charge in [0, 0.05) is 30.6 Å². The summed E-state index contributed by atoms with van der Waals surface area (Å²) >= 11 is 5.82. The summed E-state index contributed by atoms with van der Waals surface area (Å²) in [6.45, 7) is 0.0767. The van der Waals surface area contributed by atoms with Crippen molar-refractivity contribution >= 4 is 33.0 Å². The van der Waals surface area contributed by atoms with E-state index in [2.05, 4.69) is 10.6 Å². The molecule has 0 aliphatic rings. The van der Waals surface area contributed by atoms with Crippen LogP contribution in [0.4, 0.5) is 5.69 Å². The summed E-state index contributed by atoms with van der Waals surface area (Å²) in [5, 5.41) is 5.86. The molecule has 1 amide bonds. The Morgan fingerprint density at radius 2 is 2.06 bits per heavy atom. The highest BCUT2D eigenvalue weighted by Crippen LogP contribution is 2.20. The second-order valence-corrected chi connectivity index (χ2v) is 6.52. The topological polar surface area (TPSA) is 75.3 Å². The average molecular weight is 291 g/mol. The van der Waals surface area contributed by atoms with Gasteiger partial charge in [-0.3, -0.25) is 4.79 Å². The van der Waals surface area contributed by atoms with Crippen LogP contribution in [0.1, 0.15) is 10.4 Å². The summed E-state index contributed by atoms with van der Waals surface area (Å²) in [7, 11) is -1.39. The van der Waals surface area contributed by atoms with E-state index >= 15 is 0 Å². The number of hydrogen-bond acceptors (Lipinski definition) is 4. The van der Waals surface area contributed by atoms with E-state index in [0.29, 0.717) is 16.3 Å². The maximum absolute atomic E-state index is 11.9. The van der Waals surface area contributed by atoms with Crippen LogP contribution in [-0.2, 0) is 9.84 Å². The minimum absolute atomic E-state index is 0.0767. The molecular formula is C11H15ClN2O3S. The average Bonchev–Trinajstić information content (AvgIpc) is 2.27. The molecule has 0 saturated heterocycles. The largest absolute Gasteiger partial charge is 0.387 e. The molecule has 0 radical (unpaired) electrons. The zero-order valence-corrected chi connectivity index (χ0v) is 11.7. The quantitative estimate of drug-likeness (QED) is 0.853. The highest BCUT2D eigenvalue weighted by molar-refractivity contribution is 7.90. The maximum Gasteiger partial charge on any atom is 0.253 e. The molecule has 0 heterocycles. The van der Waals surface area contributed by atoms with Crippen molar-refractivity contribution in [3.05, 3.63) is 28.8 Å². The summed E-state index contributed by atoms with van der Waals surface area (Å²) in [6, 6.07) is 4.89. The molecule has 0 aliphatic carbocycles. The second-order valence-electron chi connectivity index (χ2n) is 3.83. The molecule has 0 fully saturated rings. The first kappa shape index (κ1) is 14.8. The van der Waals surface area contributed by atoms with Gasteiger partial charge in [0.05, 0.1) is 11.3 Å². The van der Waals surface area contributed by atoms with Crippen LogP contribution in [0.25, 0.3) is 0 Å². The lowest BCUT2D eigenvalue weighted by Gasteiger charge is -2.10. The molecule has 2 N–H and O–H groups in total. The van der Waals surface area contributed by atoms with Crippen LogP contribution in [0.15, 0.2) is 18.2 Å². The summed E-state index contributed by atoms with van der Waals surface area (Å²) in [4.78, 5) is 11.9. The Labute approximate surface area is 111 Å². The van der Waals surface area contributed by atoms with E-state index in [4.69, 9.17) is 11.6 Å². The van der Waals surface area contributed by atoms with Gasteiger partial charge in [0.2, 0.25) is 0 Å². The Kier molecular flexibility index (Phi) is 4.98. The van der Waals surface area contributed by atoms with Crippen molar-refractivity contribution in [2.45, 2.75) is 0 Å². The Morgan fingerprint density at radius 1 is 1.39 bits per heavy atom. The van der Waals surface area contributed by atoms with Crippen LogP contribution in [0.2, 0.25) is 5.02 Å². The van der Waals surface area contributed by atoms with Gasteiger partial charge in [0.25, 0.3) is 5.91 Å². The van der Waals surface area contributed by atoms with Crippen molar-refractivity contribution in [2.75, 3.05) is 30.9 Å². The predicted octanol–water partition coefficient (Wildman–Crippen LogP) is 1.16. The number of benzene rings is 1. The lowest BCUT2D eigenvalue weighted by Crippen LogP contribution is -2.29. The van der Waals surface area contributed by atoms with Gasteiger partial charge in [0.1, 0.15) is 9.84 Å². The van der Waals surface area contributed by atoms with Gasteiger partial charge in [0.15, 0.2) is 0 Å². The van der Waals surface area contributed by atoms with Crippen molar-refractivity contribution in [1.82, 2.24) is 5.32 Å². The van der Waals surface area contributed by atoms with E-state index in [0.717, 1.165) is 6.26 Å². The first-order chi connectivity index (χ1) is 8.33. The van der Waals surface area contributed by atoms with Crippen molar-refractivity contribution in [1.29, 1.82) is 0 Å². The monoisotopic (exact) mass is 290 g/mol. The highest BCUT2D eigenvalue weighted by Gasteiger charge is 2.12. The first-order valence-electron chi connectivity index (χ1n) is 5.26. The third-order valence-corrected chi connectivity index (χ3v) is 3.43. The summed E-state index contributed by atoms with van der Waals surface area (Å²) in [5.74, 6) is -0.445. The summed E-state index contributed by atoms with van der Waals surface area (Å²) in [5.41, 5.74) is 1.02. The van der Waals surface area contributed by atoms with Crippen LogP contribution in [0, 0.1) is 0 Å². The molecule has 100 valence electrons. The van der Waals surface area contributed by atoms with Crippen LogP contribution in [0.5, 0.6) is 0 Å². The standard InChI is InChI=1S/C11H15ClN2O3S/c1-13-10-4-3-8(12)7-9(10)11(15)14-5-6-18(2,16)17/h3-4,7,13H,5-6H2,1-2H3,(H,14,15). The third-order valence-electron chi connectivity index (χ3n) is 2.25. The van der Waals surface area contributed by atoms with Crippen LogP contribution in [0.3, 0.4) is 0 Å². The molecule has 1 aromatic rings. The predicted molar refractivity (Wildman–Crippen MR) is 73.0 cm³/mol. The highest BCUT2D eigenvalue weighted by atomic mass is 35.5. The number of amides is 1. The smallest absolute Gasteiger partial charge is 0.253 e. The van der Waals surface area contributed by atoms with Crippen LogP contribution < -0.4 is 10.6 Å². The van der Waals surface area contributed by atoms with Gasteiger partial charge in [-0.15, -0.1) is 0 Å². The zero-order chi connectivity index (χ0) is 13.8. The van der Waals surface area contributed by atoms with Gasteiger partial charge in [-0.2, -0.15) is 0 Å². The van der Waals surface area contributed by atoms with Crippen molar-refractivity contribution < 1.29 is 13.2 Å². The molecule has 1 aromatic carbocycles. The normalized spacial score (nSPS) is 11.1. The molecule has 0 spiro atoms. The van der Waals surface area contributed by atoms with E-state index < -0.39 is 9.84 Å². The molecule has 5 nitrogen and oxygen atoms in total. The molecule has 1 rings (SSSR count). The Morgan fingerprint density at radius 3 is 2.61 bits per heavy atom. The van der Waals surface area contributed by atoms with E-state index in [1.807, 2.05) is 0 Å². The minimum atomic E-state index is -3.08. The van der Waals surface area contributed by atoms with E-state index in [9.17, 15) is 13.2 Å². The molecule has 0 unspecified atom stereocenters. The Bertz CT molecular complexity index is 543. The number of carbonyl (C=O) groups is 1. The fourth-order valence-electron chi connectivity index (χ4n) is 1.37. The van der Waals surface area contributed by atoms with Crippen molar-refractivity contribution in [3.8, 4) is 0 Å². The lowest BCUT2D eigenvalue weighted by molar-refractivity contribution is 0.0957. The van der Waals surface area contributed by atoms with E-state index in [1.54, 1.807) is 19.2 Å². The molecule has 0 saturated carbocycles. The number of hydrogen-bond donors (Lipinski definition) is 2. The molecular weight excluding hydrogens is 276 g/mol. The number of sulfone groups is 1. The van der Waals surface area contributed by atoms with E-state index in [1.165, 1.54) is 6.07 Å². The summed E-state index contributed by atoms with van der Waals surface area (Å²) < 4.78 is 21.9. The Balaban J connectivity index is 2.75. The molecule has 0 atom stereocenters. The number of nitrogens with one attached hydrogen (secondary N) is 2. The number of carbonyl (C=O) groups excluding carboxylic acids is 1. The molecule has 7 heteroatoms. The van der Waals surface area contributed by atoms with Gasteiger partial charge >= 0.3 is 0 Å². The second kappa shape index (κ2) is 6.06. The Hall–Kier alpha value is -1.27. The SMILES string of the molecule is CNc1ccc(Cl)cc1C(=O)NCCS(C)(=O)=O. The van der Waals surface area contributed by atoms with Crippen molar-refractivity contribution in [3.63, 3.8) is 0 Å². The molecule has 0 bridgehead atoms. The van der Waals surface area contributed by atoms with Crippen LogP contribution in [-0.4, -0.2) is 39.9 Å². The zero-order valence-electron chi connectivity index (χ0n) is 10.2. The van der Waals surface area contributed by atoms with Gasteiger partial charge in [-0.05, 0) is 18.2 Å². The minimum Gasteiger partial charge on any atom is -0.387 e. The third kappa shape index (κ3) is 4.54. The molecule has 0 aromatic heterocycles. The van der Waals surface area contributed by atoms with Gasteiger partial charge in [-0.1, -0.05) is 11.6 Å². The van der Waals surface area contributed by atoms with Crippen LogP contribution >= 0.6 is 11.6 Å². The first-order valence-corrected chi connectivity index (χ1v) is 7.70. The van der Waals surface area contributed by atoms with Crippen molar-refractivity contribution in [2.24, 2.45) is 0 Å². The number of anilines is 1. The van der Waals surface area contributed by atoms with E-state index in [-0.39, 0.29) is 18.2 Å².